The lowest BCUT2D eigenvalue weighted by Crippen LogP contribution is -2.24. The van der Waals surface area contributed by atoms with Crippen molar-refractivity contribution in [2.24, 2.45) is 5.73 Å². The van der Waals surface area contributed by atoms with Gasteiger partial charge in [0.2, 0.25) is 0 Å². The van der Waals surface area contributed by atoms with E-state index in [2.05, 4.69) is 70.5 Å². The number of halogens is 1. The average molecular weight is 353 g/mol. The molecule has 1 heterocycles. The first-order chi connectivity index (χ1) is 9.60. The molecule has 0 saturated carbocycles. The Hall–Kier alpha value is -0.840. The summed E-state index contributed by atoms with van der Waals surface area (Å²) in [5.74, 6) is 0. The first-order valence-electron chi connectivity index (χ1n) is 6.87. The zero-order valence-corrected chi connectivity index (χ0v) is 14.4. The number of thiophene rings is 1. The summed E-state index contributed by atoms with van der Waals surface area (Å²) < 4.78 is 1.16. The highest BCUT2D eigenvalue weighted by Crippen LogP contribution is 2.26. The Morgan fingerprint density at radius 2 is 2.10 bits per heavy atom. The second-order valence-electron chi connectivity index (χ2n) is 5.09. The number of nitrogens with two attached hydrogens (primary N) is 1. The molecule has 0 aliphatic heterocycles. The highest BCUT2D eigenvalue weighted by Gasteiger charge is 2.11. The molecule has 1 aromatic carbocycles. The van der Waals surface area contributed by atoms with Gasteiger partial charge in [0.25, 0.3) is 0 Å². The highest BCUT2D eigenvalue weighted by atomic mass is 79.9. The van der Waals surface area contributed by atoms with E-state index < -0.39 is 0 Å². The third-order valence-electron chi connectivity index (χ3n) is 3.42. The minimum Gasteiger partial charge on any atom is -0.369 e. The molecule has 4 heteroatoms. The molecule has 0 aliphatic carbocycles. The van der Waals surface area contributed by atoms with Gasteiger partial charge in [-0.1, -0.05) is 25.1 Å². The Morgan fingerprint density at radius 3 is 2.75 bits per heavy atom. The number of anilines is 1. The molecule has 0 bridgehead atoms. The number of para-hydroxylation sites is 1. The lowest BCUT2D eigenvalue weighted by atomic mass is 10.0. The lowest BCUT2D eigenvalue weighted by molar-refractivity contribution is 0.645. The van der Waals surface area contributed by atoms with E-state index in [1.807, 2.05) is 0 Å². The van der Waals surface area contributed by atoms with Crippen molar-refractivity contribution in [3.8, 4) is 0 Å². The molecule has 108 valence electrons. The summed E-state index contributed by atoms with van der Waals surface area (Å²) in [6.45, 7) is 3.06. The third-order valence-corrected chi connectivity index (χ3v) is 5.11. The van der Waals surface area contributed by atoms with E-state index in [1.165, 1.54) is 16.1 Å². The molecule has 1 aromatic heterocycles. The maximum absolute atomic E-state index is 6.11. The van der Waals surface area contributed by atoms with Crippen LogP contribution in [0.25, 0.3) is 0 Å². The third kappa shape index (κ3) is 4.08. The van der Waals surface area contributed by atoms with E-state index in [-0.39, 0.29) is 6.04 Å². The van der Waals surface area contributed by atoms with Crippen LogP contribution < -0.4 is 10.6 Å². The van der Waals surface area contributed by atoms with Crippen molar-refractivity contribution < 1.29 is 0 Å². The molecule has 2 aromatic rings. The van der Waals surface area contributed by atoms with E-state index in [4.69, 9.17) is 5.73 Å². The maximum Gasteiger partial charge on any atom is 0.0520 e. The summed E-state index contributed by atoms with van der Waals surface area (Å²) >= 11 is 5.29. The van der Waals surface area contributed by atoms with Crippen molar-refractivity contribution in [2.75, 3.05) is 11.9 Å². The Labute approximate surface area is 133 Å². The van der Waals surface area contributed by atoms with Gasteiger partial charge in [0, 0.05) is 33.5 Å². The van der Waals surface area contributed by atoms with Crippen LogP contribution in [0.3, 0.4) is 0 Å². The Morgan fingerprint density at radius 1 is 1.35 bits per heavy atom. The van der Waals surface area contributed by atoms with Crippen LogP contribution in [-0.2, 0) is 13.0 Å². The number of nitrogens with zero attached hydrogens (tertiary/aromatic N) is 1. The number of hydrogen-bond donors (Lipinski definition) is 1. The first kappa shape index (κ1) is 15.5. The molecule has 0 amide bonds. The van der Waals surface area contributed by atoms with Crippen LogP contribution >= 0.6 is 27.3 Å². The zero-order chi connectivity index (χ0) is 14.5. The van der Waals surface area contributed by atoms with Gasteiger partial charge in [-0.05, 0) is 46.5 Å². The summed E-state index contributed by atoms with van der Waals surface area (Å²) in [7, 11) is 2.14. The van der Waals surface area contributed by atoms with Gasteiger partial charge in [-0.2, -0.15) is 0 Å². The molecule has 1 atom stereocenters. The summed E-state index contributed by atoms with van der Waals surface area (Å²) in [5, 5.41) is 2.13. The Balaban J connectivity index is 2.14. The van der Waals surface area contributed by atoms with Crippen LogP contribution in [0.2, 0.25) is 0 Å². The summed E-state index contributed by atoms with van der Waals surface area (Å²) in [4.78, 5) is 3.66. The molecule has 20 heavy (non-hydrogen) atoms. The van der Waals surface area contributed by atoms with Gasteiger partial charge in [0.15, 0.2) is 0 Å². The lowest BCUT2D eigenvalue weighted by Gasteiger charge is -2.23. The first-order valence-corrected chi connectivity index (χ1v) is 8.55. The zero-order valence-electron chi connectivity index (χ0n) is 12.0. The van der Waals surface area contributed by atoms with Gasteiger partial charge in [0.1, 0.15) is 0 Å². The van der Waals surface area contributed by atoms with E-state index in [0.717, 1.165) is 23.9 Å². The van der Waals surface area contributed by atoms with Crippen molar-refractivity contribution in [1.82, 2.24) is 0 Å². The van der Waals surface area contributed by atoms with Gasteiger partial charge in [0.05, 0.1) is 6.54 Å². The normalized spacial score (nSPS) is 12.4. The predicted molar refractivity (Wildman–Crippen MR) is 92.5 cm³/mol. The molecular formula is C16H21BrN2S. The van der Waals surface area contributed by atoms with E-state index in [9.17, 15) is 0 Å². The molecule has 2 N–H and O–H groups in total. The monoisotopic (exact) mass is 352 g/mol. The topological polar surface area (TPSA) is 29.3 Å². The second kappa shape index (κ2) is 7.25. The molecule has 0 spiro atoms. The van der Waals surface area contributed by atoms with Crippen LogP contribution in [0.5, 0.6) is 0 Å². The quantitative estimate of drug-likeness (QED) is 0.833. The molecule has 0 fully saturated rings. The van der Waals surface area contributed by atoms with Crippen molar-refractivity contribution in [2.45, 2.75) is 32.4 Å². The average Bonchev–Trinajstić information content (AvgIpc) is 2.84. The number of rotatable bonds is 6. The fraction of sp³-hybridized carbons (Fsp3) is 0.375. The van der Waals surface area contributed by atoms with E-state index in [0.29, 0.717) is 0 Å². The fourth-order valence-electron chi connectivity index (χ4n) is 2.24. The predicted octanol–water partition coefficient (Wildman–Crippen LogP) is 4.43. The van der Waals surface area contributed by atoms with Crippen molar-refractivity contribution in [3.05, 3.63) is 50.6 Å². The SMILES string of the molecule is CCC(N)Cc1ccccc1N(C)Cc1cc(Br)cs1. The van der Waals surface area contributed by atoms with Gasteiger partial charge in [-0.25, -0.2) is 0 Å². The van der Waals surface area contributed by atoms with Crippen LogP contribution in [0.4, 0.5) is 5.69 Å². The van der Waals surface area contributed by atoms with Crippen molar-refractivity contribution in [1.29, 1.82) is 0 Å². The van der Waals surface area contributed by atoms with Gasteiger partial charge < -0.3 is 10.6 Å². The molecule has 2 nitrogen and oxygen atoms in total. The fourth-order valence-corrected chi connectivity index (χ4v) is 3.74. The number of hydrogen-bond acceptors (Lipinski definition) is 3. The van der Waals surface area contributed by atoms with Gasteiger partial charge in [-0.3, -0.25) is 0 Å². The molecular weight excluding hydrogens is 332 g/mol. The van der Waals surface area contributed by atoms with Gasteiger partial charge in [-0.15, -0.1) is 11.3 Å². The summed E-state index contributed by atoms with van der Waals surface area (Å²) in [6.07, 6.45) is 1.95. The van der Waals surface area contributed by atoms with Crippen LogP contribution in [0, 0.1) is 0 Å². The highest BCUT2D eigenvalue weighted by molar-refractivity contribution is 9.10. The van der Waals surface area contributed by atoms with E-state index >= 15 is 0 Å². The standard InChI is InChI=1S/C16H21BrN2S/c1-3-14(18)8-12-6-4-5-7-16(12)19(2)10-15-9-13(17)11-20-15/h4-7,9,11,14H,3,8,10,18H2,1-2H3. The minimum absolute atomic E-state index is 0.237. The molecule has 1 unspecified atom stereocenters. The molecule has 0 saturated heterocycles. The smallest absolute Gasteiger partial charge is 0.0520 e. The van der Waals surface area contributed by atoms with Crippen LogP contribution in [-0.4, -0.2) is 13.1 Å². The largest absolute Gasteiger partial charge is 0.369 e. The molecule has 2 rings (SSSR count). The van der Waals surface area contributed by atoms with Crippen molar-refractivity contribution >= 4 is 33.0 Å². The summed E-state index contributed by atoms with van der Waals surface area (Å²) in [5.41, 5.74) is 8.72. The molecule has 0 radical (unpaired) electrons. The van der Waals surface area contributed by atoms with Crippen LogP contribution in [0.15, 0.2) is 40.2 Å². The number of benzene rings is 1. The maximum atomic E-state index is 6.11. The van der Waals surface area contributed by atoms with Crippen LogP contribution in [0.1, 0.15) is 23.8 Å². The summed E-state index contributed by atoms with van der Waals surface area (Å²) in [6, 6.07) is 11.0. The second-order valence-corrected chi connectivity index (χ2v) is 7.00. The molecule has 0 aliphatic rings. The minimum atomic E-state index is 0.237. The Kier molecular flexibility index (Phi) is 5.64. The van der Waals surface area contributed by atoms with E-state index in [1.54, 1.807) is 11.3 Å². The Bertz CT molecular complexity index is 553. The van der Waals surface area contributed by atoms with Gasteiger partial charge >= 0.3 is 0 Å². The van der Waals surface area contributed by atoms with Crippen molar-refractivity contribution in [3.63, 3.8) is 0 Å².